The molecule has 0 saturated carbocycles. The Morgan fingerprint density at radius 2 is 1.43 bits per heavy atom. The quantitative estimate of drug-likeness (QED) is 0.484. The van der Waals surface area contributed by atoms with Gasteiger partial charge in [0.1, 0.15) is 6.04 Å². The molecule has 0 aromatic heterocycles. The summed E-state index contributed by atoms with van der Waals surface area (Å²) in [5, 5.41) is 0. The zero-order valence-electron chi connectivity index (χ0n) is 20.4. The van der Waals surface area contributed by atoms with Gasteiger partial charge in [-0.1, -0.05) is 60.7 Å². The highest BCUT2D eigenvalue weighted by molar-refractivity contribution is 6.23. The molecule has 0 aliphatic carbocycles. The van der Waals surface area contributed by atoms with Crippen LogP contribution in [-0.4, -0.2) is 34.2 Å². The van der Waals surface area contributed by atoms with E-state index in [1.165, 1.54) is 0 Å². The molecule has 0 spiro atoms. The van der Waals surface area contributed by atoms with E-state index < -0.39 is 23.4 Å². The normalized spacial score (nSPS) is 17.1. The maximum absolute atomic E-state index is 14.5. The van der Waals surface area contributed by atoms with E-state index in [4.69, 9.17) is 0 Å². The van der Waals surface area contributed by atoms with Gasteiger partial charge in [-0.05, 0) is 62.6 Å². The Hall–Kier alpha value is -3.99. The Morgan fingerprint density at radius 1 is 0.829 bits per heavy atom. The smallest absolute Gasteiger partial charge is 0.262 e. The average Bonchev–Trinajstić information content (AvgIpc) is 3.07. The number of hydrogen-bond donors (Lipinski definition) is 0. The van der Waals surface area contributed by atoms with E-state index in [9.17, 15) is 14.4 Å². The standard InChI is InChI=1S/C30H28N2O3/c1-19-14-15-22-20(2)18-30(3,4)32(25(22)16-19)29(35)26(17-21-10-6-5-7-11-21)31-27(33)23-12-8-9-13-24(23)28(31)34/h5-16,18,26H,17H2,1-4H3/t26-/m0/s1. The first kappa shape index (κ1) is 22.8. The molecule has 3 aromatic rings. The van der Waals surface area contributed by atoms with Gasteiger partial charge < -0.3 is 4.90 Å². The Balaban J connectivity index is 1.64. The minimum absolute atomic E-state index is 0.238. The van der Waals surface area contributed by atoms with Crippen LogP contribution >= 0.6 is 0 Å². The third kappa shape index (κ3) is 3.77. The van der Waals surface area contributed by atoms with Crippen molar-refractivity contribution in [3.05, 3.63) is 107 Å². The first-order valence-corrected chi connectivity index (χ1v) is 11.8. The molecule has 3 amide bonds. The number of imide groups is 1. The molecular formula is C30H28N2O3. The second-order valence-electron chi connectivity index (χ2n) is 9.91. The number of nitrogens with zero attached hydrogens (tertiary/aromatic N) is 2. The summed E-state index contributed by atoms with van der Waals surface area (Å²) in [5.41, 5.74) is 4.82. The second kappa shape index (κ2) is 8.35. The molecule has 2 heterocycles. The van der Waals surface area contributed by atoms with Crippen molar-refractivity contribution in [1.82, 2.24) is 4.90 Å². The van der Waals surface area contributed by atoms with E-state index >= 15 is 0 Å². The first-order valence-electron chi connectivity index (χ1n) is 11.8. The molecule has 5 heteroatoms. The van der Waals surface area contributed by atoms with E-state index in [2.05, 4.69) is 6.08 Å². The van der Waals surface area contributed by atoms with Gasteiger partial charge >= 0.3 is 0 Å². The Labute approximate surface area is 205 Å². The summed E-state index contributed by atoms with van der Waals surface area (Å²) < 4.78 is 0. The predicted molar refractivity (Wildman–Crippen MR) is 137 cm³/mol. The highest BCUT2D eigenvalue weighted by Crippen LogP contribution is 2.41. The summed E-state index contributed by atoms with van der Waals surface area (Å²) in [6.07, 6.45) is 2.31. The van der Waals surface area contributed by atoms with Gasteiger partial charge in [0.05, 0.1) is 22.4 Å². The number of fused-ring (bicyclic) bond motifs is 2. The van der Waals surface area contributed by atoms with Crippen molar-refractivity contribution in [3.63, 3.8) is 0 Å². The van der Waals surface area contributed by atoms with Gasteiger partial charge in [0.2, 0.25) is 0 Å². The molecule has 0 N–H and O–H groups in total. The third-order valence-corrected chi connectivity index (χ3v) is 6.88. The number of rotatable bonds is 4. The Kier molecular flexibility index (Phi) is 5.43. The highest BCUT2D eigenvalue weighted by atomic mass is 16.2. The van der Waals surface area contributed by atoms with Crippen molar-refractivity contribution in [2.75, 3.05) is 4.90 Å². The van der Waals surface area contributed by atoms with Gasteiger partial charge in [0.15, 0.2) is 0 Å². The Morgan fingerprint density at radius 3 is 2.06 bits per heavy atom. The number of carbonyl (C=O) groups is 3. The molecule has 35 heavy (non-hydrogen) atoms. The van der Waals surface area contributed by atoms with Crippen molar-refractivity contribution in [2.45, 2.75) is 45.7 Å². The molecule has 0 bridgehead atoms. The molecular weight excluding hydrogens is 436 g/mol. The molecule has 0 radical (unpaired) electrons. The summed E-state index contributed by atoms with van der Waals surface area (Å²) in [6, 6.07) is 21.4. The molecule has 1 atom stereocenters. The van der Waals surface area contributed by atoms with Crippen LogP contribution in [0, 0.1) is 6.92 Å². The molecule has 2 aliphatic heterocycles. The molecule has 3 aromatic carbocycles. The van der Waals surface area contributed by atoms with Crippen molar-refractivity contribution in [3.8, 4) is 0 Å². The number of carbonyl (C=O) groups excluding carboxylic acids is 3. The van der Waals surface area contributed by atoms with Crippen LogP contribution in [0.2, 0.25) is 0 Å². The van der Waals surface area contributed by atoms with Crippen molar-refractivity contribution >= 4 is 29.0 Å². The fraction of sp³-hybridized carbons (Fsp3) is 0.233. The molecule has 2 aliphatic rings. The highest BCUT2D eigenvalue weighted by Gasteiger charge is 2.47. The molecule has 5 nitrogen and oxygen atoms in total. The van der Waals surface area contributed by atoms with Gasteiger partial charge in [-0.15, -0.1) is 0 Å². The third-order valence-electron chi connectivity index (χ3n) is 6.88. The fourth-order valence-corrected chi connectivity index (χ4v) is 5.31. The van der Waals surface area contributed by atoms with Gasteiger partial charge in [-0.3, -0.25) is 19.3 Å². The van der Waals surface area contributed by atoms with Gasteiger partial charge in [0.25, 0.3) is 17.7 Å². The van der Waals surface area contributed by atoms with Crippen LogP contribution in [0.25, 0.3) is 5.57 Å². The topological polar surface area (TPSA) is 57.7 Å². The van der Waals surface area contributed by atoms with Crippen LogP contribution in [0.3, 0.4) is 0 Å². The van der Waals surface area contributed by atoms with Crippen LogP contribution in [0.15, 0.2) is 78.9 Å². The minimum atomic E-state index is -0.982. The zero-order valence-corrected chi connectivity index (χ0v) is 20.4. The van der Waals surface area contributed by atoms with Crippen molar-refractivity contribution in [2.24, 2.45) is 0 Å². The molecule has 5 rings (SSSR count). The summed E-state index contributed by atoms with van der Waals surface area (Å²) in [4.78, 5) is 44.3. The maximum Gasteiger partial charge on any atom is 0.262 e. The molecule has 0 unspecified atom stereocenters. The minimum Gasteiger partial charge on any atom is -0.301 e. The van der Waals surface area contributed by atoms with Crippen LogP contribution < -0.4 is 4.90 Å². The van der Waals surface area contributed by atoms with Crippen LogP contribution in [0.5, 0.6) is 0 Å². The van der Waals surface area contributed by atoms with E-state index in [0.29, 0.717) is 11.1 Å². The molecule has 0 saturated heterocycles. The lowest BCUT2D eigenvalue weighted by molar-refractivity contribution is -0.123. The number of allylic oxidation sites excluding steroid dienone is 1. The maximum atomic E-state index is 14.5. The lowest BCUT2D eigenvalue weighted by atomic mass is 9.87. The lowest BCUT2D eigenvalue weighted by Crippen LogP contribution is -2.58. The first-order chi connectivity index (χ1) is 16.7. The SMILES string of the molecule is CC1=CC(C)(C)N(C(=O)[C@H](Cc2ccccc2)N2C(=O)c3ccccc3C2=O)c2cc(C)ccc21. The van der Waals surface area contributed by atoms with Gasteiger partial charge in [-0.25, -0.2) is 0 Å². The van der Waals surface area contributed by atoms with E-state index in [1.807, 2.05) is 76.2 Å². The largest absolute Gasteiger partial charge is 0.301 e. The number of benzene rings is 3. The Bertz CT molecular complexity index is 1350. The second-order valence-corrected chi connectivity index (χ2v) is 9.91. The number of amides is 3. The number of aryl methyl sites for hydroxylation is 1. The van der Waals surface area contributed by atoms with Crippen molar-refractivity contribution in [1.29, 1.82) is 0 Å². The van der Waals surface area contributed by atoms with Crippen LogP contribution in [-0.2, 0) is 11.2 Å². The molecule has 176 valence electrons. The van der Waals surface area contributed by atoms with Gasteiger partial charge in [-0.2, -0.15) is 0 Å². The monoisotopic (exact) mass is 464 g/mol. The van der Waals surface area contributed by atoms with Gasteiger partial charge in [0, 0.05) is 12.0 Å². The summed E-state index contributed by atoms with van der Waals surface area (Å²) in [6.45, 7) is 8.02. The van der Waals surface area contributed by atoms with Crippen LogP contribution in [0.1, 0.15) is 58.2 Å². The summed E-state index contributed by atoms with van der Waals surface area (Å²) >= 11 is 0. The van der Waals surface area contributed by atoms with Crippen LogP contribution in [0.4, 0.5) is 5.69 Å². The summed E-state index contributed by atoms with van der Waals surface area (Å²) in [5.74, 6) is -1.12. The van der Waals surface area contributed by atoms with E-state index in [0.717, 1.165) is 32.9 Å². The summed E-state index contributed by atoms with van der Waals surface area (Å²) in [7, 11) is 0. The van der Waals surface area contributed by atoms with E-state index in [1.54, 1.807) is 29.2 Å². The van der Waals surface area contributed by atoms with E-state index in [-0.39, 0.29) is 12.3 Å². The average molecular weight is 465 g/mol. The fourth-order valence-electron chi connectivity index (χ4n) is 5.31. The zero-order chi connectivity index (χ0) is 24.9. The number of anilines is 1. The van der Waals surface area contributed by atoms with Crippen molar-refractivity contribution < 1.29 is 14.4 Å². The lowest BCUT2D eigenvalue weighted by Gasteiger charge is -2.44. The predicted octanol–water partition coefficient (Wildman–Crippen LogP) is 5.43. The molecule has 0 fully saturated rings. The number of hydrogen-bond acceptors (Lipinski definition) is 3.